The van der Waals surface area contributed by atoms with E-state index in [9.17, 15) is 4.79 Å². The highest BCUT2D eigenvalue weighted by molar-refractivity contribution is 6.08. The molecular formula is C33H38N8O2. The number of piperazine rings is 1. The summed E-state index contributed by atoms with van der Waals surface area (Å²) in [5.74, 6) is 0.531. The van der Waals surface area contributed by atoms with E-state index in [1.807, 2.05) is 66.3 Å². The van der Waals surface area contributed by atoms with E-state index in [2.05, 4.69) is 39.1 Å². The normalized spacial score (nSPS) is 19.0. The predicted octanol–water partition coefficient (Wildman–Crippen LogP) is 4.41. The number of ether oxygens (including phenoxy) is 1. The van der Waals surface area contributed by atoms with Crippen LogP contribution in [0.1, 0.15) is 47.3 Å². The fraction of sp³-hybridized carbons (Fsp3) is 0.394. The lowest BCUT2D eigenvalue weighted by molar-refractivity contribution is 0.0781. The Morgan fingerprint density at radius 2 is 1.91 bits per heavy atom. The molecule has 222 valence electrons. The lowest BCUT2D eigenvalue weighted by atomic mass is 10.1. The molecule has 2 aliphatic rings. The Morgan fingerprint density at radius 3 is 2.70 bits per heavy atom. The molecule has 0 spiro atoms. The Morgan fingerprint density at radius 1 is 1.09 bits per heavy atom. The number of likely N-dealkylation sites (tertiary alicyclic amines) is 1. The molecule has 0 saturated carbocycles. The van der Waals surface area contributed by atoms with Crippen LogP contribution in [-0.2, 0) is 13.0 Å². The second-order valence-electron chi connectivity index (χ2n) is 11.8. The van der Waals surface area contributed by atoms with Gasteiger partial charge in [-0.15, -0.1) is 0 Å². The van der Waals surface area contributed by atoms with E-state index in [0.717, 1.165) is 65.5 Å². The summed E-state index contributed by atoms with van der Waals surface area (Å²) in [4.78, 5) is 27.7. The maximum Gasteiger partial charge on any atom is 0.274 e. The monoisotopic (exact) mass is 578 g/mol. The van der Waals surface area contributed by atoms with Crippen molar-refractivity contribution >= 4 is 28.1 Å². The van der Waals surface area contributed by atoms with Crippen molar-refractivity contribution in [1.29, 1.82) is 0 Å². The van der Waals surface area contributed by atoms with Gasteiger partial charge in [0.15, 0.2) is 0 Å². The van der Waals surface area contributed by atoms with Crippen molar-refractivity contribution in [3.8, 4) is 5.75 Å². The van der Waals surface area contributed by atoms with Gasteiger partial charge in [-0.1, -0.05) is 19.1 Å². The van der Waals surface area contributed by atoms with Crippen LogP contribution in [-0.4, -0.2) is 85.2 Å². The van der Waals surface area contributed by atoms with Crippen LogP contribution >= 0.6 is 0 Å². The molecule has 2 saturated heterocycles. The highest BCUT2D eigenvalue weighted by atomic mass is 16.5. The second-order valence-corrected chi connectivity index (χ2v) is 11.8. The van der Waals surface area contributed by atoms with Crippen LogP contribution in [0.15, 0.2) is 60.9 Å². The van der Waals surface area contributed by atoms with Crippen molar-refractivity contribution in [3.63, 3.8) is 0 Å². The standard InChI is InChI=1S/C33H38N8O2/c1-4-27-32-28(9-6-10-29(32)41(37-27)19-23-8-5-7-22(2)35-23)36-33(42)30-18-34-31-17-26(13-14-40(30)31)43-16-15-39-20-24-11-12-25(21-39)38(24)3/h5-10,13-14,17-18,24-25H,4,11-12,15-16,19-21H2,1-3H3,(H,36,42). The first-order valence-electron chi connectivity index (χ1n) is 15.2. The number of likely N-dealkylation sites (N-methyl/N-ethyl adjacent to an activating group) is 1. The predicted molar refractivity (Wildman–Crippen MR) is 167 cm³/mol. The third-order valence-corrected chi connectivity index (χ3v) is 9.01. The molecule has 5 aromatic rings. The largest absolute Gasteiger partial charge is 0.492 e. The third-order valence-electron chi connectivity index (χ3n) is 9.01. The molecule has 7 rings (SSSR count). The van der Waals surface area contributed by atoms with Crippen molar-refractivity contribution < 1.29 is 9.53 Å². The van der Waals surface area contributed by atoms with Crippen molar-refractivity contribution in [1.82, 2.24) is 33.9 Å². The molecule has 2 bridgehead atoms. The molecular weight excluding hydrogens is 540 g/mol. The molecule has 43 heavy (non-hydrogen) atoms. The van der Waals surface area contributed by atoms with E-state index in [-0.39, 0.29) is 5.91 Å². The number of nitrogens with zero attached hydrogens (tertiary/aromatic N) is 7. The first-order valence-corrected chi connectivity index (χ1v) is 15.2. The maximum atomic E-state index is 13.5. The fourth-order valence-corrected chi connectivity index (χ4v) is 6.70. The number of anilines is 1. The van der Waals surface area contributed by atoms with Crippen LogP contribution in [0.2, 0.25) is 0 Å². The van der Waals surface area contributed by atoms with Gasteiger partial charge >= 0.3 is 0 Å². The van der Waals surface area contributed by atoms with E-state index in [0.29, 0.717) is 36.6 Å². The number of fused-ring (bicyclic) bond motifs is 4. The lowest BCUT2D eigenvalue weighted by Gasteiger charge is -2.38. The third kappa shape index (κ3) is 5.36. The van der Waals surface area contributed by atoms with Crippen molar-refractivity contribution in [2.24, 2.45) is 0 Å². The van der Waals surface area contributed by atoms with Gasteiger partial charge in [0.2, 0.25) is 0 Å². The van der Waals surface area contributed by atoms with Crippen LogP contribution in [0, 0.1) is 6.92 Å². The lowest BCUT2D eigenvalue weighted by Crippen LogP contribution is -2.52. The molecule has 2 aliphatic heterocycles. The van der Waals surface area contributed by atoms with Crippen LogP contribution in [0.4, 0.5) is 5.69 Å². The number of aromatic nitrogens is 5. The number of imidazole rings is 1. The highest BCUT2D eigenvalue weighted by Gasteiger charge is 2.37. The maximum absolute atomic E-state index is 13.5. The summed E-state index contributed by atoms with van der Waals surface area (Å²) in [6.07, 6.45) is 6.81. The van der Waals surface area contributed by atoms with E-state index >= 15 is 0 Å². The molecule has 4 aromatic heterocycles. The van der Waals surface area contributed by atoms with Crippen molar-refractivity contribution in [2.45, 2.75) is 51.7 Å². The summed E-state index contributed by atoms with van der Waals surface area (Å²) in [7, 11) is 2.26. The van der Waals surface area contributed by atoms with Crippen LogP contribution in [0.3, 0.4) is 0 Å². The SMILES string of the molecule is CCc1nn(Cc2cccc(C)n2)c2cccc(NC(=O)c3cnc4cc(OCCN5CC6CCC(C5)N6C)ccn34)c12. The Labute approximate surface area is 251 Å². The van der Waals surface area contributed by atoms with Gasteiger partial charge in [0, 0.05) is 55.1 Å². The zero-order chi connectivity index (χ0) is 29.5. The number of amides is 1. The van der Waals surface area contributed by atoms with E-state index in [4.69, 9.17) is 9.84 Å². The molecule has 10 heteroatoms. The van der Waals surface area contributed by atoms with Gasteiger partial charge in [-0.05, 0) is 63.6 Å². The summed E-state index contributed by atoms with van der Waals surface area (Å²) < 4.78 is 9.87. The van der Waals surface area contributed by atoms with Crippen LogP contribution in [0.25, 0.3) is 16.6 Å². The summed E-state index contributed by atoms with van der Waals surface area (Å²) in [5.41, 5.74) is 5.68. The molecule has 2 unspecified atom stereocenters. The highest BCUT2D eigenvalue weighted by Crippen LogP contribution is 2.30. The minimum Gasteiger partial charge on any atom is -0.492 e. The smallest absolute Gasteiger partial charge is 0.274 e. The number of hydrogen-bond acceptors (Lipinski definition) is 7. The average Bonchev–Trinajstić information content (AvgIpc) is 3.64. The fourth-order valence-electron chi connectivity index (χ4n) is 6.70. The Balaban J connectivity index is 1.05. The number of pyridine rings is 2. The van der Waals surface area contributed by atoms with Gasteiger partial charge in [-0.25, -0.2) is 4.98 Å². The number of aryl methyl sites for hydroxylation is 2. The molecule has 1 N–H and O–H groups in total. The summed E-state index contributed by atoms with van der Waals surface area (Å²) in [6, 6.07) is 17.1. The molecule has 6 heterocycles. The number of hydrogen-bond donors (Lipinski definition) is 1. The minimum atomic E-state index is -0.228. The summed E-state index contributed by atoms with van der Waals surface area (Å²) in [5, 5.41) is 8.96. The van der Waals surface area contributed by atoms with Gasteiger partial charge in [0.1, 0.15) is 23.7 Å². The molecule has 10 nitrogen and oxygen atoms in total. The number of nitrogens with one attached hydrogen (secondary N) is 1. The second kappa shape index (κ2) is 11.4. The molecule has 2 fully saturated rings. The van der Waals surface area contributed by atoms with Gasteiger partial charge in [-0.3, -0.25) is 28.7 Å². The Bertz CT molecular complexity index is 1780. The number of rotatable bonds is 9. The zero-order valence-corrected chi connectivity index (χ0v) is 25.0. The van der Waals surface area contributed by atoms with Crippen molar-refractivity contribution in [3.05, 3.63) is 83.7 Å². The molecule has 2 atom stereocenters. The Kier molecular flexibility index (Phi) is 7.32. The van der Waals surface area contributed by atoms with E-state index < -0.39 is 0 Å². The van der Waals surface area contributed by atoms with E-state index in [1.54, 1.807) is 10.6 Å². The van der Waals surface area contributed by atoms with Gasteiger partial charge in [0.05, 0.1) is 35.3 Å². The summed E-state index contributed by atoms with van der Waals surface area (Å²) in [6.45, 7) is 8.40. The zero-order valence-electron chi connectivity index (χ0n) is 25.0. The number of carbonyl (C=O) groups is 1. The Hall–Kier alpha value is -4.28. The van der Waals surface area contributed by atoms with Crippen LogP contribution in [0.5, 0.6) is 5.75 Å². The van der Waals surface area contributed by atoms with E-state index in [1.165, 1.54) is 12.8 Å². The first kappa shape index (κ1) is 27.5. The quantitative estimate of drug-likeness (QED) is 0.277. The number of benzene rings is 1. The van der Waals surface area contributed by atoms with Gasteiger partial charge in [-0.2, -0.15) is 5.10 Å². The van der Waals surface area contributed by atoms with Crippen molar-refractivity contribution in [2.75, 3.05) is 38.6 Å². The number of carbonyl (C=O) groups excluding carboxylic acids is 1. The minimum absolute atomic E-state index is 0.228. The first-order chi connectivity index (χ1) is 21.0. The topological polar surface area (TPSA) is 92.8 Å². The van der Waals surface area contributed by atoms with Gasteiger partial charge in [0.25, 0.3) is 5.91 Å². The average molecular weight is 579 g/mol. The van der Waals surface area contributed by atoms with Gasteiger partial charge < -0.3 is 10.1 Å². The molecule has 1 amide bonds. The molecule has 1 aromatic carbocycles. The molecule has 0 aliphatic carbocycles. The van der Waals surface area contributed by atoms with Crippen LogP contribution < -0.4 is 10.1 Å². The molecule has 0 radical (unpaired) electrons. The summed E-state index contributed by atoms with van der Waals surface area (Å²) >= 11 is 0.